The molecule has 0 saturated carbocycles. The minimum Gasteiger partial charge on any atom is -0.409 e. The van der Waals surface area contributed by atoms with Gasteiger partial charge in [-0.25, -0.2) is 8.78 Å². The third-order valence-corrected chi connectivity index (χ3v) is 2.36. The molecule has 0 spiro atoms. The van der Waals surface area contributed by atoms with Gasteiger partial charge < -0.3 is 16.3 Å². The Balaban J connectivity index is 2.66. The summed E-state index contributed by atoms with van der Waals surface area (Å²) in [6, 6.07) is 2.67. The van der Waals surface area contributed by atoms with E-state index in [2.05, 4.69) is 10.5 Å². The second-order valence-corrected chi connectivity index (χ2v) is 3.76. The van der Waals surface area contributed by atoms with E-state index in [0.717, 1.165) is 12.1 Å². The highest BCUT2D eigenvalue weighted by Gasteiger charge is 2.14. The molecule has 1 unspecified atom stereocenters. The zero-order valence-corrected chi connectivity index (χ0v) is 9.65. The molecule has 1 aromatic rings. The Kier molecular flexibility index (Phi) is 4.59. The van der Waals surface area contributed by atoms with Crippen LogP contribution in [0.15, 0.2) is 23.4 Å². The quantitative estimate of drug-likeness (QED) is 0.326. The van der Waals surface area contributed by atoms with E-state index in [1.54, 1.807) is 6.92 Å². The summed E-state index contributed by atoms with van der Waals surface area (Å²) in [5, 5.41) is 13.6. The fourth-order valence-electron chi connectivity index (χ4n) is 1.22. The fraction of sp³-hybridized carbons (Fsp3) is 0.273. The Labute approximate surface area is 102 Å². The molecule has 0 aliphatic heterocycles. The van der Waals surface area contributed by atoms with Gasteiger partial charge in [0.05, 0.1) is 5.56 Å². The Hall–Kier alpha value is -2.18. The number of amides is 1. The molecule has 1 rings (SSSR count). The van der Waals surface area contributed by atoms with Gasteiger partial charge in [0.2, 0.25) is 0 Å². The first kappa shape index (κ1) is 13.9. The molecule has 7 heteroatoms. The van der Waals surface area contributed by atoms with E-state index in [-0.39, 0.29) is 17.9 Å². The van der Waals surface area contributed by atoms with E-state index in [4.69, 9.17) is 10.9 Å². The fourth-order valence-corrected chi connectivity index (χ4v) is 1.22. The van der Waals surface area contributed by atoms with Crippen molar-refractivity contribution >= 4 is 11.7 Å². The average molecular weight is 257 g/mol. The largest absolute Gasteiger partial charge is 0.409 e. The van der Waals surface area contributed by atoms with Gasteiger partial charge in [-0.15, -0.1) is 0 Å². The lowest BCUT2D eigenvalue weighted by Crippen LogP contribution is -2.35. The maximum absolute atomic E-state index is 13.3. The highest BCUT2D eigenvalue weighted by atomic mass is 19.1. The van der Waals surface area contributed by atoms with Crippen molar-refractivity contribution in [2.24, 2.45) is 16.8 Å². The van der Waals surface area contributed by atoms with E-state index in [9.17, 15) is 13.6 Å². The van der Waals surface area contributed by atoms with Crippen molar-refractivity contribution < 1.29 is 18.8 Å². The van der Waals surface area contributed by atoms with Gasteiger partial charge in [-0.2, -0.15) is 0 Å². The number of nitrogens with two attached hydrogens (primary N) is 1. The predicted molar refractivity (Wildman–Crippen MR) is 61.3 cm³/mol. The van der Waals surface area contributed by atoms with Gasteiger partial charge in [0.1, 0.15) is 17.5 Å². The van der Waals surface area contributed by atoms with Crippen LogP contribution in [0.4, 0.5) is 8.78 Å². The first-order valence-electron chi connectivity index (χ1n) is 5.16. The number of benzene rings is 1. The summed E-state index contributed by atoms with van der Waals surface area (Å²) < 4.78 is 25.9. The van der Waals surface area contributed by atoms with E-state index >= 15 is 0 Å². The van der Waals surface area contributed by atoms with Crippen molar-refractivity contribution in [2.45, 2.75) is 6.92 Å². The predicted octanol–water partition coefficient (Wildman–Crippen LogP) is 1.08. The summed E-state index contributed by atoms with van der Waals surface area (Å²) in [4.78, 5) is 11.6. The molecule has 0 saturated heterocycles. The molecule has 1 atom stereocenters. The summed E-state index contributed by atoms with van der Waals surface area (Å²) in [5.74, 6) is -2.83. The van der Waals surface area contributed by atoms with Crippen LogP contribution in [-0.2, 0) is 0 Å². The van der Waals surface area contributed by atoms with Crippen molar-refractivity contribution in [2.75, 3.05) is 6.54 Å². The van der Waals surface area contributed by atoms with Crippen molar-refractivity contribution in [3.8, 4) is 0 Å². The second kappa shape index (κ2) is 5.95. The molecule has 18 heavy (non-hydrogen) atoms. The van der Waals surface area contributed by atoms with Gasteiger partial charge >= 0.3 is 0 Å². The average Bonchev–Trinajstić information content (AvgIpc) is 2.34. The highest BCUT2D eigenvalue weighted by Crippen LogP contribution is 2.09. The van der Waals surface area contributed by atoms with E-state index in [1.807, 2.05) is 0 Å². The first-order chi connectivity index (χ1) is 8.45. The molecule has 0 aliphatic rings. The molecule has 0 aliphatic carbocycles. The van der Waals surface area contributed by atoms with Gasteiger partial charge in [0, 0.05) is 18.5 Å². The molecular weight excluding hydrogens is 244 g/mol. The molecule has 0 bridgehead atoms. The number of amidine groups is 1. The van der Waals surface area contributed by atoms with Crippen LogP contribution in [0.1, 0.15) is 17.3 Å². The minimum absolute atomic E-state index is 0.0464. The number of nitrogens with one attached hydrogen (secondary N) is 1. The molecule has 5 nitrogen and oxygen atoms in total. The Bertz CT molecular complexity index is 477. The van der Waals surface area contributed by atoms with Crippen molar-refractivity contribution in [1.29, 1.82) is 0 Å². The molecule has 0 aromatic heterocycles. The molecule has 1 amide bonds. The molecule has 98 valence electrons. The second-order valence-electron chi connectivity index (χ2n) is 3.76. The van der Waals surface area contributed by atoms with Crippen LogP contribution in [0.3, 0.4) is 0 Å². The van der Waals surface area contributed by atoms with Crippen LogP contribution in [0.25, 0.3) is 0 Å². The van der Waals surface area contributed by atoms with E-state index < -0.39 is 23.5 Å². The minimum atomic E-state index is -0.941. The summed E-state index contributed by atoms with van der Waals surface area (Å²) >= 11 is 0. The van der Waals surface area contributed by atoms with Crippen LogP contribution < -0.4 is 11.1 Å². The van der Waals surface area contributed by atoms with Crippen molar-refractivity contribution in [3.63, 3.8) is 0 Å². The number of hydrogen-bond donors (Lipinski definition) is 3. The molecule has 1 aromatic carbocycles. The van der Waals surface area contributed by atoms with Crippen LogP contribution in [0.5, 0.6) is 0 Å². The van der Waals surface area contributed by atoms with E-state index in [0.29, 0.717) is 6.07 Å². The van der Waals surface area contributed by atoms with Gasteiger partial charge in [-0.05, 0) is 12.1 Å². The SMILES string of the molecule is CC(CNC(=O)c1ccc(F)cc1F)/C(N)=N/O. The van der Waals surface area contributed by atoms with Gasteiger partial charge in [0.25, 0.3) is 5.91 Å². The molecule has 0 fully saturated rings. The highest BCUT2D eigenvalue weighted by molar-refractivity contribution is 5.94. The maximum atomic E-state index is 13.3. The van der Waals surface area contributed by atoms with Gasteiger partial charge in [0.15, 0.2) is 0 Å². The number of oxime groups is 1. The summed E-state index contributed by atoms with van der Waals surface area (Å²) in [5.41, 5.74) is 5.06. The first-order valence-corrected chi connectivity index (χ1v) is 5.16. The Morgan fingerprint density at radius 3 is 2.78 bits per heavy atom. The lowest BCUT2D eigenvalue weighted by atomic mass is 10.1. The van der Waals surface area contributed by atoms with Gasteiger partial charge in [-0.1, -0.05) is 12.1 Å². The lowest BCUT2D eigenvalue weighted by molar-refractivity contribution is 0.0947. The molecule has 0 radical (unpaired) electrons. The topological polar surface area (TPSA) is 87.7 Å². The summed E-state index contributed by atoms with van der Waals surface area (Å²) in [7, 11) is 0. The van der Waals surface area contributed by atoms with E-state index in [1.165, 1.54) is 0 Å². The molecule has 0 heterocycles. The number of carbonyl (C=O) groups excluding carboxylic acids is 1. The third-order valence-electron chi connectivity index (χ3n) is 2.36. The lowest BCUT2D eigenvalue weighted by Gasteiger charge is -2.11. The number of rotatable bonds is 4. The van der Waals surface area contributed by atoms with Crippen LogP contribution in [0, 0.1) is 17.6 Å². The number of carbonyl (C=O) groups is 1. The molecular formula is C11H13F2N3O2. The number of hydrogen-bond acceptors (Lipinski definition) is 3. The zero-order valence-electron chi connectivity index (χ0n) is 9.65. The third kappa shape index (κ3) is 3.41. The normalized spacial score (nSPS) is 13.2. The number of halogens is 2. The smallest absolute Gasteiger partial charge is 0.254 e. The van der Waals surface area contributed by atoms with Crippen LogP contribution in [-0.4, -0.2) is 23.5 Å². The summed E-state index contributed by atoms with van der Waals surface area (Å²) in [6.07, 6.45) is 0. The standard InChI is InChI=1S/C11H13F2N3O2/c1-6(10(14)16-18)5-15-11(17)8-3-2-7(12)4-9(8)13/h2-4,6,18H,5H2,1H3,(H2,14,16)(H,15,17). The van der Waals surface area contributed by atoms with Crippen LogP contribution >= 0.6 is 0 Å². The maximum Gasteiger partial charge on any atom is 0.254 e. The Morgan fingerprint density at radius 1 is 1.56 bits per heavy atom. The van der Waals surface area contributed by atoms with Crippen molar-refractivity contribution in [1.82, 2.24) is 5.32 Å². The van der Waals surface area contributed by atoms with Crippen molar-refractivity contribution in [3.05, 3.63) is 35.4 Å². The monoisotopic (exact) mass is 257 g/mol. The van der Waals surface area contributed by atoms with Gasteiger partial charge in [-0.3, -0.25) is 4.79 Å². The molecule has 4 N–H and O–H groups in total. The van der Waals surface area contributed by atoms with Crippen LogP contribution in [0.2, 0.25) is 0 Å². The summed E-state index contributed by atoms with van der Waals surface area (Å²) in [6.45, 7) is 1.70. The number of nitrogens with zero attached hydrogens (tertiary/aromatic N) is 1. The Morgan fingerprint density at radius 2 is 2.22 bits per heavy atom. The zero-order chi connectivity index (χ0) is 13.7.